The van der Waals surface area contributed by atoms with E-state index < -0.39 is 0 Å². The number of carbonyl (C=O) groups is 1. The zero-order valence-electron chi connectivity index (χ0n) is 19.5. The summed E-state index contributed by atoms with van der Waals surface area (Å²) in [4.78, 5) is 11.5. The normalized spacial score (nSPS) is 14.2. The van der Waals surface area contributed by atoms with Gasteiger partial charge in [-0.25, -0.2) is 0 Å². The highest BCUT2D eigenvalue weighted by atomic mass is 16.5. The van der Waals surface area contributed by atoms with E-state index in [2.05, 4.69) is 58.9 Å². The van der Waals surface area contributed by atoms with Gasteiger partial charge in [0.25, 0.3) is 0 Å². The minimum absolute atomic E-state index is 0.151. The van der Waals surface area contributed by atoms with Crippen LogP contribution < -0.4 is 9.47 Å². The predicted molar refractivity (Wildman–Crippen MR) is 120 cm³/mol. The Bertz CT molecular complexity index is 851. The average molecular weight is 397 g/mol. The van der Waals surface area contributed by atoms with Gasteiger partial charge in [-0.15, -0.1) is 0 Å². The molecule has 0 radical (unpaired) electrons. The van der Waals surface area contributed by atoms with Crippen molar-refractivity contribution in [1.82, 2.24) is 0 Å². The third-order valence-corrected chi connectivity index (χ3v) is 6.10. The Hall–Kier alpha value is -2.29. The second kappa shape index (κ2) is 9.02. The summed E-state index contributed by atoms with van der Waals surface area (Å²) in [6.45, 7) is 16.6. The first-order valence-corrected chi connectivity index (χ1v) is 10.5. The zero-order valence-corrected chi connectivity index (χ0v) is 19.5. The first-order valence-electron chi connectivity index (χ1n) is 10.5. The molecule has 0 spiro atoms. The SMILES string of the molecule is CCC(C)CC(C)(c1cc(C)c(OC)c(C)c1)c1cc(C)c(OC(C)=O)c(C)c1. The topological polar surface area (TPSA) is 35.5 Å². The molecule has 2 unspecified atom stereocenters. The van der Waals surface area contributed by atoms with Crippen LogP contribution in [0.15, 0.2) is 24.3 Å². The number of hydrogen-bond acceptors (Lipinski definition) is 3. The molecule has 3 nitrogen and oxygen atoms in total. The summed E-state index contributed by atoms with van der Waals surface area (Å²) in [6.07, 6.45) is 2.17. The van der Waals surface area contributed by atoms with Crippen LogP contribution in [0.1, 0.15) is 73.9 Å². The van der Waals surface area contributed by atoms with E-state index >= 15 is 0 Å². The van der Waals surface area contributed by atoms with Crippen LogP contribution >= 0.6 is 0 Å². The number of aryl methyl sites for hydroxylation is 4. The number of carbonyl (C=O) groups excluding carboxylic acids is 1. The summed E-state index contributed by atoms with van der Waals surface area (Å²) in [6, 6.07) is 8.89. The van der Waals surface area contributed by atoms with Crippen LogP contribution in [0.5, 0.6) is 11.5 Å². The van der Waals surface area contributed by atoms with Crippen LogP contribution in [0.25, 0.3) is 0 Å². The van der Waals surface area contributed by atoms with Gasteiger partial charge < -0.3 is 9.47 Å². The smallest absolute Gasteiger partial charge is 0.308 e. The fourth-order valence-electron chi connectivity index (χ4n) is 4.41. The Kier molecular flexibility index (Phi) is 7.15. The van der Waals surface area contributed by atoms with Gasteiger partial charge in [0.15, 0.2) is 0 Å². The number of ether oxygens (including phenoxy) is 2. The van der Waals surface area contributed by atoms with Crippen molar-refractivity contribution >= 4 is 5.97 Å². The largest absolute Gasteiger partial charge is 0.496 e. The molecule has 0 aromatic heterocycles. The fraction of sp³-hybridized carbons (Fsp3) is 0.500. The number of rotatable bonds is 7. The fourth-order valence-corrected chi connectivity index (χ4v) is 4.41. The minimum Gasteiger partial charge on any atom is -0.496 e. The first kappa shape index (κ1) is 23.0. The lowest BCUT2D eigenvalue weighted by Gasteiger charge is -2.35. The quantitative estimate of drug-likeness (QED) is 0.391. The van der Waals surface area contributed by atoms with E-state index in [-0.39, 0.29) is 11.4 Å². The maximum atomic E-state index is 11.5. The van der Waals surface area contributed by atoms with E-state index in [1.807, 2.05) is 13.8 Å². The van der Waals surface area contributed by atoms with Gasteiger partial charge >= 0.3 is 5.97 Å². The molecule has 158 valence electrons. The second-order valence-corrected chi connectivity index (χ2v) is 8.73. The number of hydrogen-bond donors (Lipinski definition) is 0. The summed E-state index contributed by atoms with van der Waals surface area (Å²) in [5, 5.41) is 0. The summed E-state index contributed by atoms with van der Waals surface area (Å²) < 4.78 is 11.1. The minimum atomic E-state index is -0.285. The number of esters is 1. The number of methoxy groups -OCH3 is 1. The van der Waals surface area contributed by atoms with E-state index in [9.17, 15) is 4.79 Å². The Labute approximate surface area is 176 Å². The van der Waals surface area contributed by atoms with Crippen LogP contribution in [-0.2, 0) is 10.2 Å². The number of benzene rings is 2. The molecule has 0 bridgehead atoms. The molecule has 0 saturated carbocycles. The lowest BCUT2D eigenvalue weighted by Crippen LogP contribution is -2.27. The molecule has 0 aliphatic carbocycles. The van der Waals surface area contributed by atoms with Gasteiger partial charge in [-0.1, -0.05) is 51.5 Å². The van der Waals surface area contributed by atoms with Gasteiger partial charge in [-0.05, 0) is 73.4 Å². The van der Waals surface area contributed by atoms with E-state index in [1.165, 1.54) is 18.1 Å². The van der Waals surface area contributed by atoms with Gasteiger partial charge in [0.05, 0.1) is 7.11 Å². The maximum absolute atomic E-state index is 11.5. The Morgan fingerprint density at radius 1 is 0.931 bits per heavy atom. The first-order chi connectivity index (χ1) is 13.5. The van der Waals surface area contributed by atoms with Crippen molar-refractivity contribution in [2.45, 2.75) is 73.6 Å². The van der Waals surface area contributed by atoms with E-state index in [1.54, 1.807) is 7.11 Å². The Morgan fingerprint density at radius 3 is 1.69 bits per heavy atom. The molecule has 29 heavy (non-hydrogen) atoms. The average Bonchev–Trinajstić information content (AvgIpc) is 2.63. The standard InChI is InChI=1S/C26H36O3/c1-10-16(2)15-26(8,22-11-17(3)24(28-9)18(4)12-22)23-13-19(5)25(20(6)14-23)29-21(7)27/h11-14,16H,10,15H2,1-9H3. The molecule has 0 aliphatic rings. The molecule has 2 atom stereocenters. The molecule has 3 heteroatoms. The molecule has 0 amide bonds. The Balaban J connectivity index is 2.69. The van der Waals surface area contributed by atoms with Crippen LogP contribution in [0.4, 0.5) is 0 Å². The van der Waals surface area contributed by atoms with Crippen molar-refractivity contribution in [3.8, 4) is 11.5 Å². The Morgan fingerprint density at radius 2 is 1.34 bits per heavy atom. The van der Waals surface area contributed by atoms with E-state index in [4.69, 9.17) is 9.47 Å². The van der Waals surface area contributed by atoms with Gasteiger partial charge in [-0.3, -0.25) is 4.79 Å². The van der Waals surface area contributed by atoms with Crippen LogP contribution in [0.3, 0.4) is 0 Å². The second-order valence-electron chi connectivity index (χ2n) is 8.73. The van der Waals surface area contributed by atoms with Crippen LogP contribution in [0, 0.1) is 33.6 Å². The molecule has 0 fully saturated rings. The highest BCUT2D eigenvalue weighted by Crippen LogP contribution is 2.43. The van der Waals surface area contributed by atoms with Gasteiger partial charge in [0.1, 0.15) is 11.5 Å². The van der Waals surface area contributed by atoms with Crippen molar-refractivity contribution in [2.75, 3.05) is 7.11 Å². The molecule has 0 N–H and O–H groups in total. The molecule has 0 aliphatic heterocycles. The van der Waals surface area contributed by atoms with Crippen LogP contribution in [0.2, 0.25) is 0 Å². The molecule has 2 rings (SSSR count). The highest BCUT2D eigenvalue weighted by molar-refractivity contribution is 5.70. The summed E-state index contributed by atoms with van der Waals surface area (Å²) in [7, 11) is 1.73. The van der Waals surface area contributed by atoms with Crippen LogP contribution in [-0.4, -0.2) is 13.1 Å². The molecular formula is C26H36O3. The monoisotopic (exact) mass is 396 g/mol. The summed E-state index contributed by atoms with van der Waals surface area (Å²) >= 11 is 0. The molecule has 2 aromatic carbocycles. The van der Waals surface area contributed by atoms with Crippen molar-refractivity contribution < 1.29 is 14.3 Å². The summed E-state index contributed by atoms with van der Waals surface area (Å²) in [5.41, 5.74) is 6.70. The van der Waals surface area contributed by atoms with Crippen molar-refractivity contribution in [3.63, 3.8) is 0 Å². The van der Waals surface area contributed by atoms with E-state index in [0.29, 0.717) is 11.7 Å². The lowest BCUT2D eigenvalue weighted by molar-refractivity contribution is -0.131. The van der Waals surface area contributed by atoms with Crippen molar-refractivity contribution in [1.29, 1.82) is 0 Å². The van der Waals surface area contributed by atoms with Gasteiger partial charge in [0, 0.05) is 12.3 Å². The maximum Gasteiger partial charge on any atom is 0.308 e. The third-order valence-electron chi connectivity index (χ3n) is 6.10. The van der Waals surface area contributed by atoms with Crippen molar-refractivity contribution in [2.24, 2.45) is 5.92 Å². The zero-order chi connectivity index (χ0) is 21.9. The molecule has 2 aromatic rings. The predicted octanol–water partition coefficient (Wildman–Crippen LogP) is 6.60. The van der Waals surface area contributed by atoms with Gasteiger partial charge in [0.2, 0.25) is 0 Å². The molecule has 0 heterocycles. The van der Waals surface area contributed by atoms with Gasteiger partial charge in [-0.2, -0.15) is 0 Å². The highest BCUT2D eigenvalue weighted by Gasteiger charge is 2.32. The summed E-state index contributed by atoms with van der Waals surface area (Å²) in [5.74, 6) is 1.93. The lowest BCUT2D eigenvalue weighted by atomic mass is 9.69. The third kappa shape index (κ3) is 4.83. The van der Waals surface area contributed by atoms with Crippen molar-refractivity contribution in [3.05, 3.63) is 57.6 Å². The van der Waals surface area contributed by atoms with E-state index in [0.717, 1.165) is 40.8 Å². The molecule has 0 saturated heterocycles. The molecular weight excluding hydrogens is 360 g/mol.